The molecule has 108 valence electrons. The van der Waals surface area contributed by atoms with Gasteiger partial charge in [0.2, 0.25) is 5.91 Å². The van der Waals surface area contributed by atoms with Gasteiger partial charge in [0.25, 0.3) is 0 Å². The maximum absolute atomic E-state index is 11.9. The van der Waals surface area contributed by atoms with Gasteiger partial charge >= 0.3 is 0 Å². The Morgan fingerprint density at radius 3 is 2.47 bits per heavy atom. The van der Waals surface area contributed by atoms with Crippen LogP contribution in [-0.4, -0.2) is 23.9 Å². The van der Waals surface area contributed by atoms with Crippen LogP contribution >= 0.6 is 0 Å². The summed E-state index contributed by atoms with van der Waals surface area (Å²) in [6.45, 7) is 15.6. The lowest BCUT2D eigenvalue weighted by molar-refractivity contribution is -0.134. The van der Waals surface area contributed by atoms with E-state index in [9.17, 15) is 4.79 Å². The smallest absolute Gasteiger partial charge is 0.225 e. The number of hydrogen-bond acceptors (Lipinski definition) is 1. The summed E-state index contributed by atoms with van der Waals surface area (Å²) in [5.41, 5.74) is 2.63. The van der Waals surface area contributed by atoms with Gasteiger partial charge in [0, 0.05) is 19.0 Å². The minimum atomic E-state index is 0.0861. The Hall–Kier alpha value is -1.31. The largest absolute Gasteiger partial charge is 0.338 e. The highest BCUT2D eigenvalue weighted by atomic mass is 16.2. The number of carbonyl (C=O) groups excluding carboxylic acids is 1. The molecule has 0 bridgehead atoms. The van der Waals surface area contributed by atoms with Crippen molar-refractivity contribution in [2.24, 2.45) is 5.92 Å². The first kappa shape index (κ1) is 17.7. The first-order valence-electron chi connectivity index (χ1n) is 7.24. The van der Waals surface area contributed by atoms with Crippen molar-refractivity contribution < 1.29 is 4.79 Å². The molecule has 0 atom stereocenters. The van der Waals surface area contributed by atoms with E-state index in [2.05, 4.69) is 33.4 Å². The van der Waals surface area contributed by atoms with E-state index in [-0.39, 0.29) is 11.8 Å². The molecule has 0 aromatic rings. The molecule has 0 aliphatic carbocycles. The minimum absolute atomic E-state index is 0.0861. The fourth-order valence-corrected chi connectivity index (χ4v) is 1.82. The molecular formula is C17H29NO. The zero-order chi connectivity index (χ0) is 14.8. The predicted octanol–water partition coefficient (Wildman–Crippen LogP) is 4.35. The maximum atomic E-state index is 11.9. The van der Waals surface area contributed by atoms with Crippen LogP contribution < -0.4 is 0 Å². The van der Waals surface area contributed by atoms with E-state index in [1.54, 1.807) is 6.08 Å². The Morgan fingerprint density at radius 2 is 2.00 bits per heavy atom. The molecule has 0 fully saturated rings. The van der Waals surface area contributed by atoms with Gasteiger partial charge in [0.1, 0.15) is 0 Å². The molecule has 1 rings (SSSR count). The number of hydrogen-bond donors (Lipinski definition) is 0. The molecular weight excluding hydrogens is 234 g/mol. The van der Waals surface area contributed by atoms with Crippen molar-refractivity contribution in [3.63, 3.8) is 0 Å². The molecule has 2 heteroatoms. The van der Waals surface area contributed by atoms with Gasteiger partial charge in [-0.15, -0.1) is 0 Å². The quantitative estimate of drug-likeness (QED) is 0.693. The molecule has 0 spiro atoms. The molecule has 0 aromatic carbocycles. The lowest BCUT2D eigenvalue weighted by Gasteiger charge is -2.30. The minimum Gasteiger partial charge on any atom is -0.338 e. The molecule has 1 amide bonds. The van der Waals surface area contributed by atoms with Crippen LogP contribution in [0.1, 0.15) is 47.5 Å². The van der Waals surface area contributed by atoms with E-state index < -0.39 is 0 Å². The van der Waals surface area contributed by atoms with Crippen LogP contribution in [0, 0.1) is 5.92 Å². The van der Waals surface area contributed by atoms with Gasteiger partial charge in [-0.05, 0) is 18.9 Å². The second-order valence-electron chi connectivity index (χ2n) is 5.27. The summed E-state index contributed by atoms with van der Waals surface area (Å²) in [7, 11) is 0. The maximum Gasteiger partial charge on any atom is 0.225 e. The number of amides is 1. The Morgan fingerprint density at radius 1 is 1.42 bits per heavy atom. The van der Waals surface area contributed by atoms with Crippen molar-refractivity contribution in [3.05, 3.63) is 36.0 Å². The Labute approximate surface area is 118 Å². The van der Waals surface area contributed by atoms with Crippen LogP contribution in [0.25, 0.3) is 0 Å². The lowest BCUT2D eigenvalue weighted by Crippen LogP contribution is -2.39. The molecule has 0 radical (unpaired) electrons. The van der Waals surface area contributed by atoms with E-state index in [0.29, 0.717) is 0 Å². The molecule has 19 heavy (non-hydrogen) atoms. The van der Waals surface area contributed by atoms with E-state index in [4.69, 9.17) is 0 Å². The molecule has 0 N–H and O–H groups in total. The molecule has 0 unspecified atom stereocenters. The highest BCUT2D eigenvalue weighted by Crippen LogP contribution is 2.20. The standard InChI is InChI=1S/C14H21NO.C3H8/c1-5-6-7-13-10-15(9-8-12(13)4)14(16)11(2)3;1-3-2/h5-7,11H,1,8-10H2,2-4H3;3H2,1-2H3/b7-6-;. The second kappa shape index (κ2) is 9.60. The third-order valence-electron chi connectivity index (χ3n) is 2.91. The van der Waals surface area contributed by atoms with Crippen molar-refractivity contribution in [3.8, 4) is 0 Å². The summed E-state index contributed by atoms with van der Waals surface area (Å²) < 4.78 is 0. The van der Waals surface area contributed by atoms with Gasteiger partial charge in [-0.25, -0.2) is 0 Å². The summed E-state index contributed by atoms with van der Waals surface area (Å²) >= 11 is 0. The lowest BCUT2D eigenvalue weighted by atomic mass is 10.00. The molecule has 2 nitrogen and oxygen atoms in total. The summed E-state index contributed by atoms with van der Waals surface area (Å²) in [6.07, 6.45) is 7.99. The van der Waals surface area contributed by atoms with Gasteiger partial charge in [-0.2, -0.15) is 0 Å². The van der Waals surface area contributed by atoms with Crippen molar-refractivity contribution in [2.45, 2.75) is 47.5 Å². The topological polar surface area (TPSA) is 20.3 Å². The van der Waals surface area contributed by atoms with E-state index in [1.165, 1.54) is 17.6 Å². The average Bonchev–Trinajstić information content (AvgIpc) is 2.38. The summed E-state index contributed by atoms with van der Waals surface area (Å²) in [5.74, 6) is 0.333. The Kier molecular flexibility index (Phi) is 8.94. The van der Waals surface area contributed by atoms with Gasteiger partial charge < -0.3 is 4.90 Å². The highest BCUT2D eigenvalue weighted by molar-refractivity contribution is 5.78. The van der Waals surface area contributed by atoms with Crippen LogP contribution in [0.4, 0.5) is 0 Å². The van der Waals surface area contributed by atoms with Gasteiger partial charge in [-0.3, -0.25) is 4.79 Å². The SMILES string of the molecule is C=C/C=C\C1=C(C)CCN(C(=O)C(C)C)C1.CCC. The summed E-state index contributed by atoms with van der Waals surface area (Å²) in [6, 6.07) is 0. The van der Waals surface area contributed by atoms with Gasteiger partial charge in [0.15, 0.2) is 0 Å². The van der Waals surface area contributed by atoms with Crippen LogP contribution in [0.2, 0.25) is 0 Å². The third kappa shape index (κ3) is 6.42. The Bertz CT molecular complexity index is 350. The summed E-state index contributed by atoms with van der Waals surface area (Å²) in [5, 5.41) is 0. The van der Waals surface area contributed by atoms with Crippen molar-refractivity contribution >= 4 is 5.91 Å². The van der Waals surface area contributed by atoms with Crippen LogP contribution in [0.5, 0.6) is 0 Å². The number of nitrogens with zero attached hydrogens (tertiary/aromatic N) is 1. The third-order valence-corrected chi connectivity index (χ3v) is 2.91. The molecule has 1 aliphatic heterocycles. The predicted molar refractivity (Wildman–Crippen MR) is 84.0 cm³/mol. The van der Waals surface area contributed by atoms with Crippen molar-refractivity contribution in [1.82, 2.24) is 4.90 Å². The molecule has 1 heterocycles. The fraction of sp³-hybridized carbons (Fsp3) is 0.588. The first-order chi connectivity index (χ1) is 8.97. The molecule has 1 aliphatic rings. The molecule has 0 saturated heterocycles. The van der Waals surface area contributed by atoms with Gasteiger partial charge in [0.05, 0.1) is 0 Å². The van der Waals surface area contributed by atoms with Crippen LogP contribution in [0.3, 0.4) is 0 Å². The van der Waals surface area contributed by atoms with Crippen molar-refractivity contribution in [1.29, 1.82) is 0 Å². The number of carbonyl (C=O) groups is 1. The average molecular weight is 263 g/mol. The molecule has 0 saturated carbocycles. The second-order valence-corrected chi connectivity index (χ2v) is 5.27. The van der Waals surface area contributed by atoms with Gasteiger partial charge in [-0.1, -0.05) is 64.5 Å². The zero-order valence-corrected chi connectivity index (χ0v) is 13.2. The Balaban J connectivity index is 0.000000982. The monoisotopic (exact) mass is 263 g/mol. The number of allylic oxidation sites excluding steroid dienone is 2. The summed E-state index contributed by atoms with van der Waals surface area (Å²) in [4.78, 5) is 13.8. The highest BCUT2D eigenvalue weighted by Gasteiger charge is 2.21. The zero-order valence-electron chi connectivity index (χ0n) is 13.2. The van der Waals surface area contributed by atoms with Crippen molar-refractivity contribution in [2.75, 3.05) is 13.1 Å². The van der Waals surface area contributed by atoms with E-state index in [1.807, 2.05) is 24.8 Å². The van der Waals surface area contributed by atoms with Crippen LogP contribution in [0.15, 0.2) is 36.0 Å². The normalized spacial score (nSPS) is 15.6. The molecule has 0 aromatic heterocycles. The first-order valence-corrected chi connectivity index (χ1v) is 7.24. The van der Waals surface area contributed by atoms with E-state index in [0.717, 1.165) is 19.5 Å². The van der Waals surface area contributed by atoms with E-state index >= 15 is 0 Å². The number of rotatable bonds is 3. The fourth-order valence-electron chi connectivity index (χ4n) is 1.82. The van der Waals surface area contributed by atoms with Crippen LogP contribution in [-0.2, 0) is 4.79 Å².